The molecule has 0 saturated heterocycles. The predicted octanol–water partition coefficient (Wildman–Crippen LogP) is 3.58. The third kappa shape index (κ3) is 3.70. The van der Waals surface area contributed by atoms with Crippen LogP contribution in [-0.4, -0.2) is 19.6 Å². The zero-order valence-corrected chi connectivity index (χ0v) is 14.2. The number of carbonyl (C=O) groups excluding carboxylic acids is 1. The molecule has 0 radical (unpaired) electrons. The van der Waals surface area contributed by atoms with Gasteiger partial charge in [-0.15, -0.1) is 0 Å². The zero-order valence-electron chi connectivity index (χ0n) is 14.2. The number of ether oxygens (including phenoxy) is 2. The van der Waals surface area contributed by atoms with Gasteiger partial charge in [-0.05, 0) is 55.0 Å². The van der Waals surface area contributed by atoms with E-state index in [1.807, 2.05) is 31.2 Å². The molecule has 3 rings (SSSR count). The van der Waals surface area contributed by atoms with E-state index >= 15 is 0 Å². The van der Waals surface area contributed by atoms with Crippen LogP contribution in [0.1, 0.15) is 35.6 Å². The van der Waals surface area contributed by atoms with Gasteiger partial charge in [0.15, 0.2) is 18.1 Å². The van der Waals surface area contributed by atoms with E-state index in [1.165, 1.54) is 11.1 Å². The molecule has 1 amide bonds. The molecule has 1 N–H and O–H groups in total. The summed E-state index contributed by atoms with van der Waals surface area (Å²) in [6.45, 7) is 1.97. The molecule has 126 valence electrons. The number of benzene rings is 2. The number of carbonyl (C=O) groups is 1. The van der Waals surface area contributed by atoms with Crippen LogP contribution >= 0.6 is 0 Å². The van der Waals surface area contributed by atoms with Gasteiger partial charge >= 0.3 is 0 Å². The minimum absolute atomic E-state index is 0.0158. The number of fused-ring (bicyclic) bond motifs is 1. The first-order valence-electron chi connectivity index (χ1n) is 8.32. The first kappa shape index (κ1) is 16.4. The van der Waals surface area contributed by atoms with Crippen molar-refractivity contribution in [3.05, 3.63) is 59.2 Å². The highest BCUT2D eigenvalue weighted by molar-refractivity contribution is 5.78. The number of rotatable bonds is 5. The summed E-state index contributed by atoms with van der Waals surface area (Å²) < 4.78 is 10.9. The van der Waals surface area contributed by atoms with Gasteiger partial charge in [-0.25, -0.2) is 0 Å². The van der Waals surface area contributed by atoms with Crippen molar-refractivity contribution < 1.29 is 14.3 Å². The van der Waals surface area contributed by atoms with Crippen molar-refractivity contribution in [2.75, 3.05) is 13.7 Å². The Balaban J connectivity index is 1.61. The lowest BCUT2D eigenvalue weighted by molar-refractivity contribution is -0.124. The monoisotopic (exact) mass is 325 g/mol. The van der Waals surface area contributed by atoms with Crippen LogP contribution in [0, 0.1) is 6.92 Å². The number of amides is 1. The fourth-order valence-corrected chi connectivity index (χ4v) is 3.18. The summed E-state index contributed by atoms with van der Waals surface area (Å²) in [5, 5.41) is 3.09. The summed E-state index contributed by atoms with van der Waals surface area (Å²) >= 11 is 0. The second-order valence-corrected chi connectivity index (χ2v) is 6.15. The van der Waals surface area contributed by atoms with Crippen LogP contribution in [0.4, 0.5) is 0 Å². The van der Waals surface area contributed by atoms with Crippen LogP contribution in [0.3, 0.4) is 0 Å². The molecule has 0 spiro atoms. The molecule has 2 aromatic carbocycles. The molecule has 0 aromatic heterocycles. The fourth-order valence-electron chi connectivity index (χ4n) is 3.18. The first-order valence-corrected chi connectivity index (χ1v) is 8.32. The molecule has 24 heavy (non-hydrogen) atoms. The van der Waals surface area contributed by atoms with E-state index in [4.69, 9.17) is 9.47 Å². The zero-order chi connectivity index (χ0) is 16.9. The molecule has 0 bridgehead atoms. The standard InChI is InChI=1S/C20H23NO3/c1-14-10-11-18(19(12-14)23-2)24-13-20(22)21-17-9-5-7-15-6-3-4-8-16(15)17/h3-4,6,8,10-12,17H,5,7,9,13H2,1-2H3,(H,21,22). The first-order chi connectivity index (χ1) is 11.7. The van der Waals surface area contributed by atoms with E-state index in [2.05, 4.69) is 23.5 Å². The second kappa shape index (κ2) is 7.39. The third-order valence-electron chi connectivity index (χ3n) is 4.38. The lowest BCUT2D eigenvalue weighted by atomic mass is 9.88. The molecule has 0 aliphatic heterocycles. The van der Waals surface area contributed by atoms with Gasteiger partial charge in [-0.2, -0.15) is 0 Å². The number of hydrogen-bond acceptors (Lipinski definition) is 3. The number of hydrogen-bond donors (Lipinski definition) is 1. The third-order valence-corrected chi connectivity index (χ3v) is 4.38. The van der Waals surface area contributed by atoms with Gasteiger partial charge in [0.2, 0.25) is 0 Å². The molecule has 0 heterocycles. The van der Waals surface area contributed by atoms with Crippen molar-refractivity contribution in [2.45, 2.75) is 32.2 Å². The predicted molar refractivity (Wildman–Crippen MR) is 93.5 cm³/mol. The molecule has 1 aliphatic carbocycles. The van der Waals surface area contributed by atoms with E-state index in [0.29, 0.717) is 11.5 Å². The highest BCUT2D eigenvalue weighted by atomic mass is 16.5. The molecular weight excluding hydrogens is 302 g/mol. The highest BCUT2D eigenvalue weighted by Crippen LogP contribution is 2.30. The molecule has 4 nitrogen and oxygen atoms in total. The number of nitrogens with one attached hydrogen (secondary N) is 1. The lowest BCUT2D eigenvalue weighted by Crippen LogP contribution is -2.34. The number of aryl methyl sites for hydroxylation is 2. The van der Waals surface area contributed by atoms with Crippen LogP contribution in [0.2, 0.25) is 0 Å². The van der Waals surface area contributed by atoms with Crippen molar-refractivity contribution in [3.8, 4) is 11.5 Å². The van der Waals surface area contributed by atoms with Crippen LogP contribution in [0.25, 0.3) is 0 Å². The minimum atomic E-state index is -0.112. The summed E-state index contributed by atoms with van der Waals surface area (Å²) in [4.78, 5) is 12.3. The maximum Gasteiger partial charge on any atom is 0.258 e. The molecule has 4 heteroatoms. The Morgan fingerprint density at radius 2 is 2.04 bits per heavy atom. The largest absolute Gasteiger partial charge is 0.493 e. The Morgan fingerprint density at radius 3 is 2.88 bits per heavy atom. The van der Waals surface area contributed by atoms with E-state index in [9.17, 15) is 4.79 Å². The number of methoxy groups -OCH3 is 1. The van der Waals surface area contributed by atoms with Gasteiger partial charge in [0.05, 0.1) is 13.2 Å². The average Bonchev–Trinajstić information content (AvgIpc) is 2.61. The smallest absolute Gasteiger partial charge is 0.258 e. The Bertz CT molecular complexity index is 727. The van der Waals surface area contributed by atoms with Gasteiger partial charge in [0, 0.05) is 0 Å². The average molecular weight is 325 g/mol. The molecule has 1 unspecified atom stereocenters. The second-order valence-electron chi connectivity index (χ2n) is 6.15. The van der Waals surface area contributed by atoms with Crippen molar-refractivity contribution in [3.63, 3.8) is 0 Å². The van der Waals surface area contributed by atoms with E-state index in [-0.39, 0.29) is 18.6 Å². The summed E-state index contributed by atoms with van der Waals surface area (Å²) in [6.07, 6.45) is 3.14. The molecule has 2 aromatic rings. The molecule has 1 aliphatic rings. The fraction of sp³-hybridized carbons (Fsp3) is 0.350. The molecule has 0 saturated carbocycles. The Morgan fingerprint density at radius 1 is 1.21 bits per heavy atom. The molecular formula is C20H23NO3. The van der Waals surface area contributed by atoms with Crippen molar-refractivity contribution in [1.29, 1.82) is 0 Å². The minimum Gasteiger partial charge on any atom is -0.493 e. The van der Waals surface area contributed by atoms with Crippen molar-refractivity contribution in [2.24, 2.45) is 0 Å². The van der Waals surface area contributed by atoms with Gasteiger partial charge in [-0.3, -0.25) is 4.79 Å². The maximum absolute atomic E-state index is 12.3. The van der Waals surface area contributed by atoms with Crippen LogP contribution < -0.4 is 14.8 Å². The van der Waals surface area contributed by atoms with E-state index in [1.54, 1.807) is 7.11 Å². The van der Waals surface area contributed by atoms with Gasteiger partial charge < -0.3 is 14.8 Å². The summed E-state index contributed by atoms with van der Waals surface area (Å²) in [7, 11) is 1.60. The van der Waals surface area contributed by atoms with Crippen molar-refractivity contribution >= 4 is 5.91 Å². The van der Waals surface area contributed by atoms with Crippen LogP contribution in [0.5, 0.6) is 11.5 Å². The van der Waals surface area contributed by atoms with Crippen LogP contribution in [-0.2, 0) is 11.2 Å². The molecule has 0 fully saturated rings. The van der Waals surface area contributed by atoms with E-state index in [0.717, 1.165) is 24.8 Å². The van der Waals surface area contributed by atoms with Gasteiger partial charge in [0.1, 0.15) is 0 Å². The Labute approximate surface area is 142 Å². The summed E-state index contributed by atoms with van der Waals surface area (Å²) in [6, 6.07) is 14.1. The summed E-state index contributed by atoms with van der Waals surface area (Å²) in [5.41, 5.74) is 3.64. The Kier molecular flexibility index (Phi) is 5.04. The normalized spacial score (nSPS) is 16.2. The molecule has 1 atom stereocenters. The van der Waals surface area contributed by atoms with Crippen LogP contribution in [0.15, 0.2) is 42.5 Å². The highest BCUT2D eigenvalue weighted by Gasteiger charge is 2.21. The quantitative estimate of drug-likeness (QED) is 0.914. The Hall–Kier alpha value is -2.49. The summed E-state index contributed by atoms with van der Waals surface area (Å²) in [5.74, 6) is 1.12. The topological polar surface area (TPSA) is 47.6 Å². The van der Waals surface area contributed by atoms with Crippen molar-refractivity contribution in [1.82, 2.24) is 5.32 Å². The lowest BCUT2D eigenvalue weighted by Gasteiger charge is -2.26. The maximum atomic E-state index is 12.3. The van der Waals surface area contributed by atoms with E-state index < -0.39 is 0 Å². The van der Waals surface area contributed by atoms with Gasteiger partial charge in [-0.1, -0.05) is 30.3 Å². The van der Waals surface area contributed by atoms with Gasteiger partial charge in [0.25, 0.3) is 5.91 Å². The SMILES string of the molecule is COc1cc(C)ccc1OCC(=O)NC1CCCc2ccccc21.